The number of rotatable bonds is 14. The molecule has 1 unspecified atom stereocenters. The lowest BCUT2D eigenvalue weighted by Gasteiger charge is -2.35. The molecule has 1 atom stereocenters. The van der Waals surface area contributed by atoms with E-state index in [1.54, 1.807) is 0 Å². The van der Waals surface area contributed by atoms with Crippen molar-refractivity contribution in [3.63, 3.8) is 0 Å². The van der Waals surface area contributed by atoms with Crippen LogP contribution in [0.25, 0.3) is 6.08 Å². The van der Waals surface area contributed by atoms with E-state index in [2.05, 4.69) is 60.5 Å². The highest BCUT2D eigenvalue weighted by Crippen LogP contribution is 2.25. The normalized spacial score (nSPS) is 19.4. The molecule has 34 heavy (non-hydrogen) atoms. The molecular weight excluding hydrogens is 414 g/mol. The van der Waals surface area contributed by atoms with Crippen LogP contribution in [0.3, 0.4) is 0 Å². The molecule has 1 aliphatic heterocycles. The fourth-order valence-electron chi connectivity index (χ4n) is 5.68. The van der Waals surface area contributed by atoms with Crippen LogP contribution < -0.4 is 10.6 Å². The highest BCUT2D eigenvalue weighted by atomic mass is 15.2. The van der Waals surface area contributed by atoms with Crippen molar-refractivity contribution in [1.82, 2.24) is 15.5 Å². The van der Waals surface area contributed by atoms with E-state index in [4.69, 9.17) is 0 Å². The van der Waals surface area contributed by atoms with Crippen LogP contribution in [0.1, 0.15) is 93.7 Å². The Labute approximate surface area is 209 Å². The van der Waals surface area contributed by atoms with Crippen LogP contribution in [-0.4, -0.2) is 31.1 Å². The van der Waals surface area contributed by atoms with Gasteiger partial charge < -0.3 is 10.6 Å². The molecule has 2 fully saturated rings. The average Bonchev–Trinajstić information content (AvgIpc) is 2.83. The largest absolute Gasteiger partial charge is 0.362 e. The van der Waals surface area contributed by atoms with E-state index in [1.807, 2.05) is 6.08 Å². The van der Waals surface area contributed by atoms with Gasteiger partial charge in [-0.1, -0.05) is 82.5 Å². The third-order valence-electron chi connectivity index (χ3n) is 7.81. The number of nitrogens with zero attached hydrogens (tertiary/aromatic N) is 1. The summed E-state index contributed by atoms with van der Waals surface area (Å²) in [5.74, 6) is 0.948. The highest BCUT2D eigenvalue weighted by molar-refractivity contribution is 5.53. The fraction of sp³-hybridized carbons (Fsp3) is 0.613. The average molecular weight is 464 g/mol. The van der Waals surface area contributed by atoms with E-state index in [1.165, 1.54) is 100 Å². The number of benzene rings is 1. The minimum absolute atomic E-state index is 0.351. The van der Waals surface area contributed by atoms with Crippen LogP contribution in [0.2, 0.25) is 0 Å². The molecule has 3 nitrogen and oxygen atoms in total. The summed E-state index contributed by atoms with van der Waals surface area (Å²) < 4.78 is 0. The van der Waals surface area contributed by atoms with Gasteiger partial charge in [-0.05, 0) is 87.7 Å². The number of aryl methyl sites for hydroxylation is 1. The second kappa shape index (κ2) is 14.5. The van der Waals surface area contributed by atoms with Crippen molar-refractivity contribution in [1.29, 1.82) is 0 Å². The maximum atomic E-state index is 4.23. The maximum Gasteiger partial charge on any atom is 0.0496 e. The minimum Gasteiger partial charge on any atom is -0.362 e. The molecule has 1 aromatic carbocycles. The number of hydrogen-bond donors (Lipinski definition) is 2. The van der Waals surface area contributed by atoms with Crippen molar-refractivity contribution in [2.24, 2.45) is 5.92 Å². The molecule has 1 aromatic rings. The van der Waals surface area contributed by atoms with Gasteiger partial charge in [-0.15, -0.1) is 0 Å². The van der Waals surface area contributed by atoms with E-state index in [0.717, 1.165) is 36.7 Å². The Morgan fingerprint density at radius 1 is 1.03 bits per heavy atom. The SMILES string of the molecule is C=Cc1ccc(CCCCCCCNCC2CCCCC2)cc1CN(C)C1CCC(=C)NC1=C. The molecule has 0 amide bonds. The van der Waals surface area contributed by atoms with E-state index >= 15 is 0 Å². The molecule has 0 bridgehead atoms. The first kappa shape index (κ1) is 26.8. The second-order valence-electron chi connectivity index (χ2n) is 10.7. The Hall–Kier alpha value is -1.84. The third-order valence-corrected chi connectivity index (χ3v) is 7.81. The summed E-state index contributed by atoms with van der Waals surface area (Å²) in [5, 5.41) is 7.06. The first-order valence-electron chi connectivity index (χ1n) is 13.9. The van der Waals surface area contributed by atoms with Gasteiger partial charge >= 0.3 is 0 Å². The molecule has 3 rings (SSSR count). The van der Waals surface area contributed by atoms with Gasteiger partial charge in [0.2, 0.25) is 0 Å². The van der Waals surface area contributed by atoms with Crippen LogP contribution >= 0.6 is 0 Å². The summed E-state index contributed by atoms with van der Waals surface area (Å²) in [6.07, 6.45) is 19.2. The van der Waals surface area contributed by atoms with Gasteiger partial charge in [0.25, 0.3) is 0 Å². The molecule has 1 heterocycles. The van der Waals surface area contributed by atoms with E-state index in [-0.39, 0.29) is 0 Å². The number of hydrogen-bond acceptors (Lipinski definition) is 3. The van der Waals surface area contributed by atoms with Crippen molar-refractivity contribution >= 4 is 6.08 Å². The molecule has 1 saturated carbocycles. The smallest absolute Gasteiger partial charge is 0.0496 e. The van der Waals surface area contributed by atoms with Crippen LogP contribution in [0.15, 0.2) is 49.3 Å². The van der Waals surface area contributed by atoms with E-state index in [9.17, 15) is 0 Å². The number of piperidine rings is 1. The maximum absolute atomic E-state index is 4.23. The minimum atomic E-state index is 0.351. The number of allylic oxidation sites excluding steroid dienone is 1. The lowest BCUT2D eigenvalue weighted by atomic mass is 9.89. The van der Waals surface area contributed by atoms with Crippen LogP contribution in [0.4, 0.5) is 0 Å². The first-order chi connectivity index (χ1) is 16.6. The summed E-state index contributed by atoms with van der Waals surface area (Å²) in [5.41, 5.74) is 6.22. The van der Waals surface area contributed by atoms with Gasteiger partial charge in [0.15, 0.2) is 0 Å². The van der Waals surface area contributed by atoms with Crippen LogP contribution in [-0.2, 0) is 13.0 Å². The Balaban J connectivity index is 1.34. The zero-order valence-corrected chi connectivity index (χ0v) is 21.8. The Kier molecular flexibility index (Phi) is 11.4. The third kappa shape index (κ3) is 8.74. The highest BCUT2D eigenvalue weighted by Gasteiger charge is 2.23. The molecule has 3 heteroatoms. The van der Waals surface area contributed by atoms with Crippen molar-refractivity contribution in [3.05, 3.63) is 66.0 Å². The molecule has 1 aliphatic carbocycles. The van der Waals surface area contributed by atoms with Gasteiger partial charge in [-0.2, -0.15) is 0 Å². The van der Waals surface area contributed by atoms with Gasteiger partial charge in [0.05, 0.1) is 0 Å². The van der Waals surface area contributed by atoms with Gasteiger partial charge in [-0.3, -0.25) is 4.90 Å². The standard InChI is InChI=1S/C31H49N3/c1-5-29-19-18-27(22-30(29)24-34(4)31-20-17-25(2)33-26(31)3)14-10-7-6-8-13-21-32-23-28-15-11-9-12-16-28/h5,18-19,22,28,31-33H,1-3,6-17,20-21,23-24H2,4H3. The number of unbranched alkanes of at least 4 members (excludes halogenated alkanes) is 4. The van der Waals surface area contributed by atoms with Gasteiger partial charge in [0, 0.05) is 24.0 Å². The predicted molar refractivity (Wildman–Crippen MR) is 149 cm³/mol. The van der Waals surface area contributed by atoms with Crippen molar-refractivity contribution < 1.29 is 0 Å². The zero-order chi connectivity index (χ0) is 24.2. The molecule has 2 N–H and O–H groups in total. The Morgan fingerprint density at radius 3 is 2.56 bits per heavy atom. The number of nitrogens with one attached hydrogen (secondary N) is 2. The quantitative estimate of drug-likeness (QED) is 0.286. The topological polar surface area (TPSA) is 27.3 Å². The molecule has 2 aliphatic rings. The second-order valence-corrected chi connectivity index (χ2v) is 10.7. The van der Waals surface area contributed by atoms with Gasteiger partial charge in [0.1, 0.15) is 0 Å². The summed E-state index contributed by atoms with van der Waals surface area (Å²) in [6.45, 7) is 15.7. The monoisotopic (exact) mass is 463 g/mol. The van der Waals surface area contributed by atoms with E-state index in [0.29, 0.717) is 6.04 Å². The predicted octanol–water partition coefficient (Wildman–Crippen LogP) is 7.20. The van der Waals surface area contributed by atoms with Crippen LogP contribution in [0, 0.1) is 5.92 Å². The summed E-state index contributed by atoms with van der Waals surface area (Å²) in [4.78, 5) is 2.41. The summed E-state index contributed by atoms with van der Waals surface area (Å²) in [7, 11) is 2.20. The van der Waals surface area contributed by atoms with E-state index < -0.39 is 0 Å². The molecule has 0 radical (unpaired) electrons. The van der Waals surface area contributed by atoms with Crippen molar-refractivity contribution in [2.75, 3.05) is 20.1 Å². The van der Waals surface area contributed by atoms with Crippen molar-refractivity contribution in [3.8, 4) is 0 Å². The fourth-order valence-corrected chi connectivity index (χ4v) is 5.68. The molecule has 0 spiro atoms. The van der Waals surface area contributed by atoms with Crippen LogP contribution in [0.5, 0.6) is 0 Å². The summed E-state index contributed by atoms with van der Waals surface area (Å²) in [6, 6.07) is 7.30. The lowest BCUT2D eigenvalue weighted by Crippen LogP contribution is -2.40. The number of likely N-dealkylation sites (N-methyl/N-ethyl adjacent to an activating group) is 1. The molecular formula is C31H49N3. The first-order valence-corrected chi connectivity index (χ1v) is 13.9. The van der Waals surface area contributed by atoms with Crippen molar-refractivity contribution in [2.45, 2.75) is 96.1 Å². The molecule has 188 valence electrons. The molecule has 1 saturated heterocycles. The Bertz CT molecular complexity index is 790. The Morgan fingerprint density at radius 2 is 1.79 bits per heavy atom. The zero-order valence-electron chi connectivity index (χ0n) is 21.8. The summed E-state index contributed by atoms with van der Waals surface area (Å²) >= 11 is 0. The lowest BCUT2D eigenvalue weighted by molar-refractivity contribution is 0.235. The van der Waals surface area contributed by atoms with Gasteiger partial charge in [-0.25, -0.2) is 0 Å². The molecule has 0 aromatic heterocycles.